The molecule has 0 aromatic heterocycles. The molecule has 0 atom stereocenters. The highest BCUT2D eigenvalue weighted by Gasteiger charge is 2.28. The molecular weight excluding hydrogens is 204 g/mol. The standard InChI is InChI=1S/C13H24O3/c1-3-15-13(16-4-2)12(14)11-9-7-5-6-8-10-11/h11,13H,3-10H2,1-2H3. The zero-order valence-corrected chi connectivity index (χ0v) is 10.5. The Balaban J connectivity index is 2.49. The van der Waals surface area contributed by atoms with Crippen molar-refractivity contribution in [3.8, 4) is 0 Å². The molecule has 0 saturated heterocycles. The number of carbonyl (C=O) groups excluding carboxylic acids is 1. The first-order valence-electron chi connectivity index (χ1n) is 6.56. The second-order valence-corrected chi connectivity index (χ2v) is 4.33. The van der Waals surface area contributed by atoms with Gasteiger partial charge in [-0.2, -0.15) is 0 Å². The van der Waals surface area contributed by atoms with Crippen molar-refractivity contribution >= 4 is 5.78 Å². The molecule has 1 fully saturated rings. The first-order chi connectivity index (χ1) is 7.79. The molecule has 1 saturated carbocycles. The van der Waals surface area contributed by atoms with E-state index in [1.807, 2.05) is 13.8 Å². The summed E-state index contributed by atoms with van der Waals surface area (Å²) in [6, 6.07) is 0. The first kappa shape index (κ1) is 13.7. The van der Waals surface area contributed by atoms with Crippen LogP contribution in [0.2, 0.25) is 0 Å². The summed E-state index contributed by atoms with van der Waals surface area (Å²) in [5.74, 6) is 0.316. The Morgan fingerprint density at radius 2 is 1.56 bits per heavy atom. The Labute approximate surface area is 98.5 Å². The van der Waals surface area contributed by atoms with Crippen molar-refractivity contribution in [1.82, 2.24) is 0 Å². The predicted molar refractivity (Wildman–Crippen MR) is 63.2 cm³/mol. The van der Waals surface area contributed by atoms with Crippen LogP contribution in [-0.2, 0) is 14.3 Å². The van der Waals surface area contributed by atoms with Crippen molar-refractivity contribution in [2.24, 2.45) is 5.92 Å². The van der Waals surface area contributed by atoms with Gasteiger partial charge in [-0.3, -0.25) is 4.79 Å². The maximum atomic E-state index is 12.2. The van der Waals surface area contributed by atoms with E-state index in [-0.39, 0.29) is 11.7 Å². The highest BCUT2D eigenvalue weighted by molar-refractivity contribution is 5.84. The lowest BCUT2D eigenvalue weighted by atomic mass is 9.95. The fraction of sp³-hybridized carbons (Fsp3) is 0.923. The van der Waals surface area contributed by atoms with Crippen molar-refractivity contribution in [2.75, 3.05) is 13.2 Å². The zero-order valence-electron chi connectivity index (χ0n) is 10.5. The molecule has 0 aromatic rings. The highest BCUT2D eigenvalue weighted by Crippen LogP contribution is 2.25. The topological polar surface area (TPSA) is 35.5 Å². The molecule has 0 radical (unpaired) electrons. The quantitative estimate of drug-likeness (QED) is 0.518. The van der Waals surface area contributed by atoms with E-state index >= 15 is 0 Å². The van der Waals surface area contributed by atoms with Crippen molar-refractivity contribution in [3.63, 3.8) is 0 Å². The minimum Gasteiger partial charge on any atom is -0.346 e. The maximum absolute atomic E-state index is 12.2. The van der Waals surface area contributed by atoms with Gasteiger partial charge >= 0.3 is 0 Å². The largest absolute Gasteiger partial charge is 0.346 e. The lowest BCUT2D eigenvalue weighted by Gasteiger charge is -2.20. The van der Waals surface area contributed by atoms with Crippen molar-refractivity contribution in [1.29, 1.82) is 0 Å². The van der Waals surface area contributed by atoms with Gasteiger partial charge in [-0.25, -0.2) is 0 Å². The molecule has 0 bridgehead atoms. The monoisotopic (exact) mass is 228 g/mol. The Hall–Kier alpha value is -0.410. The predicted octanol–water partition coefficient (Wildman–Crippen LogP) is 2.93. The Morgan fingerprint density at radius 1 is 1.06 bits per heavy atom. The van der Waals surface area contributed by atoms with Crippen molar-refractivity contribution in [3.05, 3.63) is 0 Å². The van der Waals surface area contributed by atoms with Gasteiger partial charge in [0.1, 0.15) is 0 Å². The average Bonchev–Trinajstić information content (AvgIpc) is 2.56. The summed E-state index contributed by atoms with van der Waals surface area (Å²) in [7, 11) is 0. The third-order valence-electron chi connectivity index (χ3n) is 3.13. The van der Waals surface area contributed by atoms with E-state index in [9.17, 15) is 4.79 Å². The summed E-state index contributed by atoms with van der Waals surface area (Å²) < 4.78 is 10.7. The molecule has 3 nitrogen and oxygen atoms in total. The SMILES string of the molecule is CCOC(OCC)C(=O)C1CCCCCC1. The molecule has 0 heterocycles. The molecule has 1 aliphatic rings. The van der Waals surface area contributed by atoms with Gasteiger partial charge in [0.25, 0.3) is 0 Å². The summed E-state index contributed by atoms with van der Waals surface area (Å²) in [5, 5.41) is 0. The molecule has 16 heavy (non-hydrogen) atoms. The Kier molecular flexibility index (Phi) is 6.65. The lowest BCUT2D eigenvalue weighted by Crippen LogP contribution is -2.33. The summed E-state index contributed by atoms with van der Waals surface area (Å²) in [5.41, 5.74) is 0. The lowest BCUT2D eigenvalue weighted by molar-refractivity contribution is -0.172. The average molecular weight is 228 g/mol. The van der Waals surface area contributed by atoms with E-state index in [0.29, 0.717) is 13.2 Å². The van der Waals surface area contributed by atoms with Crippen LogP contribution in [0.5, 0.6) is 0 Å². The molecule has 0 N–H and O–H groups in total. The van der Waals surface area contributed by atoms with Crippen LogP contribution in [0.15, 0.2) is 0 Å². The van der Waals surface area contributed by atoms with Gasteiger partial charge in [-0.05, 0) is 26.7 Å². The summed E-state index contributed by atoms with van der Waals surface area (Å²) >= 11 is 0. The summed E-state index contributed by atoms with van der Waals surface area (Å²) in [4.78, 5) is 12.2. The molecule has 1 aliphatic carbocycles. The number of ether oxygens (including phenoxy) is 2. The van der Waals surface area contributed by atoms with Gasteiger partial charge in [0.2, 0.25) is 6.29 Å². The fourth-order valence-corrected chi connectivity index (χ4v) is 2.27. The van der Waals surface area contributed by atoms with Crippen LogP contribution in [0.1, 0.15) is 52.4 Å². The fourth-order valence-electron chi connectivity index (χ4n) is 2.27. The van der Waals surface area contributed by atoms with E-state index in [1.54, 1.807) is 0 Å². The number of carbonyl (C=O) groups is 1. The van der Waals surface area contributed by atoms with Crippen LogP contribution in [0.4, 0.5) is 0 Å². The normalized spacial score (nSPS) is 18.7. The number of hydrogen-bond acceptors (Lipinski definition) is 3. The van der Waals surface area contributed by atoms with Crippen LogP contribution < -0.4 is 0 Å². The molecule has 0 amide bonds. The molecule has 0 aliphatic heterocycles. The maximum Gasteiger partial charge on any atom is 0.218 e. The van der Waals surface area contributed by atoms with Crippen molar-refractivity contribution in [2.45, 2.75) is 58.7 Å². The van der Waals surface area contributed by atoms with E-state index in [4.69, 9.17) is 9.47 Å². The van der Waals surface area contributed by atoms with Crippen molar-refractivity contribution < 1.29 is 14.3 Å². The second kappa shape index (κ2) is 7.80. The molecule has 0 spiro atoms. The highest BCUT2D eigenvalue weighted by atomic mass is 16.7. The van der Waals surface area contributed by atoms with E-state index in [1.165, 1.54) is 25.7 Å². The number of ketones is 1. The smallest absolute Gasteiger partial charge is 0.218 e. The van der Waals surface area contributed by atoms with Gasteiger partial charge in [-0.1, -0.05) is 25.7 Å². The van der Waals surface area contributed by atoms with Crippen LogP contribution in [0.25, 0.3) is 0 Å². The summed E-state index contributed by atoms with van der Waals surface area (Å²) in [6.45, 7) is 4.85. The summed E-state index contributed by atoms with van der Waals surface area (Å²) in [6.07, 6.45) is 6.25. The second-order valence-electron chi connectivity index (χ2n) is 4.33. The van der Waals surface area contributed by atoms with Gasteiger partial charge in [0, 0.05) is 19.1 Å². The molecule has 94 valence electrons. The Morgan fingerprint density at radius 3 is 2.00 bits per heavy atom. The molecule has 0 unspecified atom stereocenters. The molecular formula is C13H24O3. The minimum absolute atomic E-state index is 0.158. The number of Topliss-reactive ketones (excluding diaryl/α,β-unsaturated/α-hetero) is 1. The Bertz CT molecular complexity index is 185. The third kappa shape index (κ3) is 4.22. The van der Waals surface area contributed by atoms with E-state index < -0.39 is 6.29 Å². The molecule has 1 rings (SSSR count). The van der Waals surface area contributed by atoms with Crippen LogP contribution in [0, 0.1) is 5.92 Å². The van der Waals surface area contributed by atoms with Gasteiger partial charge in [0.15, 0.2) is 5.78 Å². The van der Waals surface area contributed by atoms with Crippen LogP contribution in [0.3, 0.4) is 0 Å². The number of hydrogen-bond donors (Lipinski definition) is 0. The van der Waals surface area contributed by atoms with Crippen LogP contribution >= 0.6 is 0 Å². The van der Waals surface area contributed by atoms with Gasteiger partial charge < -0.3 is 9.47 Å². The molecule has 3 heteroatoms. The van der Waals surface area contributed by atoms with Gasteiger partial charge in [0.05, 0.1) is 0 Å². The van der Waals surface area contributed by atoms with Gasteiger partial charge in [-0.15, -0.1) is 0 Å². The molecule has 0 aromatic carbocycles. The zero-order chi connectivity index (χ0) is 11.8. The van der Waals surface area contributed by atoms with E-state index in [0.717, 1.165) is 12.8 Å². The third-order valence-corrected chi connectivity index (χ3v) is 3.13. The minimum atomic E-state index is -0.627. The first-order valence-corrected chi connectivity index (χ1v) is 6.56. The van der Waals surface area contributed by atoms with E-state index in [2.05, 4.69) is 0 Å². The number of rotatable bonds is 6. The van der Waals surface area contributed by atoms with Crippen LogP contribution in [-0.4, -0.2) is 25.3 Å².